The van der Waals surface area contributed by atoms with Crippen molar-refractivity contribution in [3.8, 4) is 0 Å². The molecule has 0 aromatic carbocycles. The fourth-order valence-electron chi connectivity index (χ4n) is 1.43. The summed E-state index contributed by atoms with van der Waals surface area (Å²) in [6, 6.07) is 0. The summed E-state index contributed by atoms with van der Waals surface area (Å²) in [7, 11) is 0. The highest BCUT2D eigenvalue weighted by Gasteiger charge is 2.01. The molecule has 1 aliphatic rings. The second kappa shape index (κ2) is 4.95. The third-order valence-corrected chi connectivity index (χ3v) is 2.58. The van der Waals surface area contributed by atoms with Gasteiger partial charge in [-0.15, -0.1) is 0 Å². The van der Waals surface area contributed by atoms with Gasteiger partial charge >= 0.3 is 0 Å². The van der Waals surface area contributed by atoms with Crippen LogP contribution in [0.5, 0.6) is 0 Å². The second-order valence-corrected chi connectivity index (χ2v) is 3.69. The monoisotopic (exact) mass is 202 g/mol. The number of allylic oxidation sites excluding steroid dienone is 2. The molecule has 0 amide bonds. The Morgan fingerprint density at radius 1 is 1.40 bits per heavy atom. The molecule has 0 aromatic heterocycles. The number of halogens is 1. The molecule has 1 heteroatoms. The summed E-state index contributed by atoms with van der Waals surface area (Å²) in [5.41, 5.74) is 1.70. The lowest BCUT2D eigenvalue weighted by Crippen LogP contribution is -1.91. The van der Waals surface area contributed by atoms with Crippen LogP contribution in [-0.2, 0) is 0 Å². The molecule has 0 aromatic rings. The van der Waals surface area contributed by atoms with Gasteiger partial charge in [0.2, 0.25) is 0 Å². The average molecular weight is 203 g/mol. The van der Waals surface area contributed by atoms with Gasteiger partial charge in [0.1, 0.15) is 0 Å². The van der Waals surface area contributed by atoms with Crippen molar-refractivity contribution in [2.75, 3.05) is 5.33 Å². The van der Waals surface area contributed by atoms with Crippen LogP contribution in [-0.4, -0.2) is 5.33 Å². The Balaban J connectivity index is 2.18. The lowest BCUT2D eigenvalue weighted by molar-refractivity contribution is 0.671. The highest BCUT2D eigenvalue weighted by atomic mass is 79.9. The molecule has 58 valence electrons. The Morgan fingerprint density at radius 3 is 2.90 bits per heavy atom. The molecule has 1 rings (SSSR count). The van der Waals surface area contributed by atoms with Crippen molar-refractivity contribution in [3.63, 3.8) is 0 Å². The second-order valence-electron chi connectivity index (χ2n) is 2.90. The maximum atomic E-state index is 3.45. The van der Waals surface area contributed by atoms with E-state index in [4.69, 9.17) is 0 Å². The zero-order valence-corrected chi connectivity index (χ0v) is 7.99. The van der Waals surface area contributed by atoms with Gasteiger partial charge in [0, 0.05) is 5.33 Å². The Hall–Kier alpha value is 0.220. The molecule has 0 fully saturated rings. The minimum atomic E-state index is 1.16. The summed E-state index contributed by atoms with van der Waals surface area (Å²) < 4.78 is 0. The van der Waals surface area contributed by atoms with Gasteiger partial charge in [-0.3, -0.25) is 0 Å². The van der Waals surface area contributed by atoms with Crippen molar-refractivity contribution in [2.24, 2.45) is 0 Å². The van der Waals surface area contributed by atoms with E-state index in [-0.39, 0.29) is 0 Å². The van der Waals surface area contributed by atoms with Crippen LogP contribution >= 0.6 is 15.9 Å². The molecule has 10 heavy (non-hydrogen) atoms. The molecule has 0 saturated heterocycles. The molecule has 0 heterocycles. The summed E-state index contributed by atoms with van der Waals surface area (Å²) in [5.74, 6) is 0. The van der Waals surface area contributed by atoms with E-state index in [1.807, 2.05) is 0 Å². The zero-order chi connectivity index (χ0) is 7.23. The molecular weight excluding hydrogens is 188 g/mol. The summed E-state index contributed by atoms with van der Waals surface area (Å²) in [6.07, 6.45) is 10.6. The van der Waals surface area contributed by atoms with Gasteiger partial charge in [0.15, 0.2) is 0 Å². The van der Waals surface area contributed by atoms with Crippen molar-refractivity contribution in [1.82, 2.24) is 0 Å². The standard InChI is InChI=1S/C9H15Br/c10-8-4-7-9-5-2-1-3-6-9/h5H,1-4,6-8H2. The normalized spacial score (nSPS) is 18.7. The molecule has 1 aliphatic carbocycles. The van der Waals surface area contributed by atoms with Crippen LogP contribution in [0.3, 0.4) is 0 Å². The van der Waals surface area contributed by atoms with E-state index in [9.17, 15) is 0 Å². The first-order valence-electron chi connectivity index (χ1n) is 4.17. The molecule has 0 unspecified atom stereocenters. The first-order valence-corrected chi connectivity index (χ1v) is 5.29. The van der Waals surface area contributed by atoms with Crippen molar-refractivity contribution in [2.45, 2.75) is 38.5 Å². The third kappa shape index (κ3) is 2.87. The van der Waals surface area contributed by atoms with Crippen LogP contribution in [0.25, 0.3) is 0 Å². The molecular formula is C9H15Br. The highest BCUT2D eigenvalue weighted by Crippen LogP contribution is 2.21. The molecule has 0 spiro atoms. The van der Waals surface area contributed by atoms with Crippen LogP contribution in [0.4, 0.5) is 0 Å². The van der Waals surface area contributed by atoms with Crippen LogP contribution in [0.2, 0.25) is 0 Å². The van der Waals surface area contributed by atoms with Gasteiger partial charge in [-0.1, -0.05) is 27.6 Å². The topological polar surface area (TPSA) is 0 Å². The van der Waals surface area contributed by atoms with E-state index in [1.165, 1.54) is 38.5 Å². The van der Waals surface area contributed by atoms with Gasteiger partial charge in [0.05, 0.1) is 0 Å². The summed E-state index contributed by atoms with van der Waals surface area (Å²) >= 11 is 3.45. The van der Waals surface area contributed by atoms with Crippen LogP contribution in [0.15, 0.2) is 11.6 Å². The lowest BCUT2D eigenvalue weighted by atomic mass is 9.96. The maximum absolute atomic E-state index is 3.45. The average Bonchev–Trinajstić information content (AvgIpc) is 2.03. The minimum Gasteiger partial charge on any atom is -0.0928 e. The number of hydrogen-bond acceptors (Lipinski definition) is 0. The fourth-order valence-corrected chi connectivity index (χ4v) is 1.71. The van der Waals surface area contributed by atoms with E-state index in [1.54, 1.807) is 5.57 Å². The molecule has 0 radical (unpaired) electrons. The van der Waals surface area contributed by atoms with Gasteiger partial charge in [-0.05, 0) is 38.5 Å². The fraction of sp³-hybridized carbons (Fsp3) is 0.778. The third-order valence-electron chi connectivity index (χ3n) is 2.02. The highest BCUT2D eigenvalue weighted by molar-refractivity contribution is 9.09. The first-order chi connectivity index (χ1) is 4.93. The van der Waals surface area contributed by atoms with Crippen molar-refractivity contribution >= 4 is 15.9 Å². The van der Waals surface area contributed by atoms with Gasteiger partial charge < -0.3 is 0 Å². The first kappa shape index (κ1) is 8.32. The van der Waals surface area contributed by atoms with Crippen molar-refractivity contribution in [3.05, 3.63) is 11.6 Å². The predicted octanol–water partition coefficient (Wildman–Crippen LogP) is 3.66. The van der Waals surface area contributed by atoms with Gasteiger partial charge in [0.25, 0.3) is 0 Å². The number of alkyl halides is 1. The SMILES string of the molecule is BrCCCC1=CCCCC1. The molecule has 0 atom stereocenters. The molecule has 0 aliphatic heterocycles. The predicted molar refractivity (Wildman–Crippen MR) is 49.6 cm³/mol. The Labute approximate surface area is 71.8 Å². The smallest absolute Gasteiger partial charge is 0.00343 e. The van der Waals surface area contributed by atoms with E-state index >= 15 is 0 Å². The number of hydrogen-bond donors (Lipinski definition) is 0. The minimum absolute atomic E-state index is 1.16. The Kier molecular flexibility index (Phi) is 4.12. The largest absolute Gasteiger partial charge is 0.0928 e. The Bertz CT molecular complexity index is 116. The number of rotatable bonds is 3. The summed E-state index contributed by atoms with van der Waals surface area (Å²) in [6.45, 7) is 0. The molecule has 0 nitrogen and oxygen atoms in total. The maximum Gasteiger partial charge on any atom is 0.00343 e. The van der Waals surface area contributed by atoms with Crippen LogP contribution in [0.1, 0.15) is 38.5 Å². The van der Waals surface area contributed by atoms with Crippen molar-refractivity contribution in [1.29, 1.82) is 0 Å². The molecule has 0 saturated carbocycles. The Morgan fingerprint density at radius 2 is 2.30 bits per heavy atom. The van der Waals surface area contributed by atoms with Crippen LogP contribution < -0.4 is 0 Å². The zero-order valence-electron chi connectivity index (χ0n) is 6.41. The summed E-state index contributed by atoms with van der Waals surface area (Å²) in [4.78, 5) is 0. The molecule has 0 N–H and O–H groups in total. The van der Waals surface area contributed by atoms with Crippen LogP contribution in [0, 0.1) is 0 Å². The van der Waals surface area contributed by atoms with Gasteiger partial charge in [-0.2, -0.15) is 0 Å². The molecule has 0 bridgehead atoms. The lowest BCUT2D eigenvalue weighted by Gasteiger charge is -2.10. The van der Waals surface area contributed by atoms with E-state index < -0.39 is 0 Å². The summed E-state index contributed by atoms with van der Waals surface area (Å²) in [5, 5.41) is 1.16. The quantitative estimate of drug-likeness (QED) is 0.485. The van der Waals surface area contributed by atoms with E-state index in [0.29, 0.717) is 0 Å². The van der Waals surface area contributed by atoms with E-state index in [2.05, 4.69) is 22.0 Å². The van der Waals surface area contributed by atoms with E-state index in [0.717, 1.165) is 5.33 Å². The van der Waals surface area contributed by atoms with Crippen molar-refractivity contribution < 1.29 is 0 Å². The van der Waals surface area contributed by atoms with Gasteiger partial charge in [-0.25, -0.2) is 0 Å².